The first kappa shape index (κ1) is 18.0. The monoisotopic (exact) mass is 348 g/mol. The second-order valence-electron chi connectivity index (χ2n) is 5.32. The normalized spacial score (nSPS) is 10.3. The molecule has 6 nitrogen and oxygen atoms in total. The van der Waals surface area contributed by atoms with Crippen LogP contribution in [0.4, 0.5) is 11.6 Å². The number of unbranched alkanes of at least 4 members (excludes halogenated alkanes) is 1. The van der Waals surface area contributed by atoms with Crippen LogP contribution in [0.3, 0.4) is 0 Å². The summed E-state index contributed by atoms with van der Waals surface area (Å²) in [5, 5.41) is 3.20. The van der Waals surface area contributed by atoms with Crippen LogP contribution in [-0.4, -0.2) is 36.6 Å². The van der Waals surface area contributed by atoms with E-state index in [1.165, 1.54) is 7.11 Å². The third kappa shape index (κ3) is 4.58. The Morgan fingerprint density at radius 3 is 2.83 bits per heavy atom. The number of nitrogens with one attached hydrogen (secondary N) is 1. The molecule has 2 rings (SSSR count). The summed E-state index contributed by atoms with van der Waals surface area (Å²) in [6, 6.07) is 6.63. The number of hydrogen-bond acceptors (Lipinski definition) is 5. The molecule has 1 heterocycles. The highest BCUT2D eigenvalue weighted by Gasteiger charge is 2.12. The van der Waals surface area contributed by atoms with Crippen LogP contribution in [0.15, 0.2) is 30.5 Å². The van der Waals surface area contributed by atoms with Crippen molar-refractivity contribution in [2.24, 2.45) is 0 Å². The van der Waals surface area contributed by atoms with E-state index in [-0.39, 0.29) is 5.91 Å². The van der Waals surface area contributed by atoms with Crippen molar-refractivity contribution in [1.29, 1.82) is 0 Å². The number of aromatic nitrogens is 2. The van der Waals surface area contributed by atoms with Gasteiger partial charge in [-0.25, -0.2) is 9.97 Å². The average molecular weight is 349 g/mol. The Hall–Kier alpha value is -2.34. The number of anilines is 2. The molecule has 1 amide bonds. The number of ether oxygens (including phenoxy) is 1. The summed E-state index contributed by atoms with van der Waals surface area (Å²) in [5.41, 5.74) is 0.876. The third-order valence-electron chi connectivity index (χ3n) is 3.47. The minimum Gasteiger partial charge on any atom is -0.495 e. The average Bonchev–Trinajstić information content (AvgIpc) is 2.60. The van der Waals surface area contributed by atoms with Gasteiger partial charge in [-0.05, 0) is 30.7 Å². The zero-order valence-corrected chi connectivity index (χ0v) is 14.8. The largest absolute Gasteiger partial charge is 0.495 e. The lowest BCUT2D eigenvalue weighted by Crippen LogP contribution is -2.22. The van der Waals surface area contributed by atoms with Crippen molar-refractivity contribution < 1.29 is 9.53 Å². The van der Waals surface area contributed by atoms with E-state index in [0.29, 0.717) is 28.1 Å². The summed E-state index contributed by atoms with van der Waals surface area (Å²) >= 11 is 6.07. The van der Waals surface area contributed by atoms with Gasteiger partial charge in [-0.15, -0.1) is 0 Å². The van der Waals surface area contributed by atoms with Crippen molar-refractivity contribution in [2.45, 2.75) is 19.8 Å². The Balaban J connectivity index is 2.11. The number of carbonyl (C=O) groups is 1. The lowest BCUT2D eigenvalue weighted by atomic mass is 10.3. The van der Waals surface area contributed by atoms with Crippen LogP contribution in [0, 0.1) is 0 Å². The summed E-state index contributed by atoms with van der Waals surface area (Å²) in [4.78, 5) is 22.8. The van der Waals surface area contributed by atoms with Crippen molar-refractivity contribution >= 4 is 29.1 Å². The van der Waals surface area contributed by atoms with E-state index in [1.54, 1.807) is 30.5 Å². The van der Waals surface area contributed by atoms with Crippen LogP contribution in [0.5, 0.6) is 5.75 Å². The van der Waals surface area contributed by atoms with Gasteiger partial charge < -0.3 is 15.0 Å². The fraction of sp³-hybridized carbons (Fsp3) is 0.353. The van der Waals surface area contributed by atoms with Crippen LogP contribution in [0.1, 0.15) is 30.3 Å². The molecule has 0 aliphatic rings. The molecule has 7 heteroatoms. The molecule has 0 aliphatic heterocycles. The second kappa shape index (κ2) is 8.49. The molecule has 0 fully saturated rings. The van der Waals surface area contributed by atoms with Gasteiger partial charge in [0.1, 0.15) is 11.4 Å². The third-order valence-corrected chi connectivity index (χ3v) is 3.77. The topological polar surface area (TPSA) is 67.4 Å². The van der Waals surface area contributed by atoms with E-state index >= 15 is 0 Å². The van der Waals surface area contributed by atoms with Crippen LogP contribution < -0.4 is 15.0 Å². The van der Waals surface area contributed by atoms with Crippen molar-refractivity contribution in [1.82, 2.24) is 9.97 Å². The van der Waals surface area contributed by atoms with Gasteiger partial charge in [0.25, 0.3) is 5.91 Å². The van der Waals surface area contributed by atoms with E-state index in [0.717, 1.165) is 19.4 Å². The summed E-state index contributed by atoms with van der Waals surface area (Å²) in [7, 11) is 3.45. The summed E-state index contributed by atoms with van der Waals surface area (Å²) in [5.74, 6) is 0.768. The lowest BCUT2D eigenvalue weighted by molar-refractivity contribution is 0.102. The SMILES string of the molecule is CCCCN(C)c1nccc(C(=O)Nc2ccc(OC)c(Cl)c2)n1. The number of rotatable bonds is 7. The van der Waals surface area contributed by atoms with Gasteiger partial charge in [-0.1, -0.05) is 24.9 Å². The maximum Gasteiger partial charge on any atom is 0.274 e. The van der Waals surface area contributed by atoms with Gasteiger partial charge in [0.2, 0.25) is 5.95 Å². The van der Waals surface area contributed by atoms with Crippen molar-refractivity contribution in [3.8, 4) is 5.75 Å². The molecular formula is C17H21ClN4O2. The number of carbonyl (C=O) groups excluding carboxylic acids is 1. The Bertz CT molecular complexity index is 709. The van der Waals surface area contributed by atoms with Gasteiger partial charge in [0.05, 0.1) is 12.1 Å². The molecule has 1 aromatic heterocycles. The quantitative estimate of drug-likeness (QED) is 0.827. The molecule has 0 spiro atoms. The fourth-order valence-corrected chi connectivity index (χ4v) is 2.35. The highest BCUT2D eigenvalue weighted by molar-refractivity contribution is 6.32. The number of hydrogen-bond donors (Lipinski definition) is 1. The van der Waals surface area contributed by atoms with Crippen LogP contribution in [0.25, 0.3) is 0 Å². The van der Waals surface area contributed by atoms with Gasteiger partial charge in [0, 0.05) is 25.5 Å². The Labute approximate surface area is 146 Å². The predicted molar refractivity (Wildman–Crippen MR) is 96.2 cm³/mol. The Morgan fingerprint density at radius 2 is 2.17 bits per heavy atom. The maximum absolute atomic E-state index is 12.4. The predicted octanol–water partition coefficient (Wildman–Crippen LogP) is 3.63. The standard InChI is InChI=1S/C17H21ClN4O2/c1-4-5-10-22(2)17-19-9-8-14(21-17)16(23)20-12-6-7-15(24-3)13(18)11-12/h6-9,11H,4-5,10H2,1-3H3,(H,20,23). The van der Waals surface area contributed by atoms with E-state index < -0.39 is 0 Å². The zero-order valence-electron chi connectivity index (χ0n) is 14.0. The zero-order chi connectivity index (χ0) is 17.5. The molecule has 0 radical (unpaired) electrons. The summed E-state index contributed by atoms with van der Waals surface area (Å²) in [6.07, 6.45) is 3.71. The minimum atomic E-state index is -0.316. The molecule has 24 heavy (non-hydrogen) atoms. The molecule has 0 aliphatic carbocycles. The number of halogens is 1. The van der Waals surface area contributed by atoms with Gasteiger partial charge in [-0.2, -0.15) is 0 Å². The molecule has 0 saturated carbocycles. The van der Waals surface area contributed by atoms with E-state index in [2.05, 4.69) is 22.2 Å². The van der Waals surface area contributed by atoms with E-state index in [1.807, 2.05) is 11.9 Å². The Kier molecular flexibility index (Phi) is 6.37. The smallest absolute Gasteiger partial charge is 0.274 e. The van der Waals surface area contributed by atoms with Crippen LogP contribution in [0.2, 0.25) is 5.02 Å². The molecule has 128 valence electrons. The summed E-state index contributed by atoms with van der Waals surface area (Å²) in [6.45, 7) is 2.97. The Morgan fingerprint density at radius 1 is 1.38 bits per heavy atom. The lowest BCUT2D eigenvalue weighted by Gasteiger charge is -2.16. The molecule has 0 unspecified atom stereocenters. The highest BCUT2D eigenvalue weighted by Crippen LogP contribution is 2.27. The first-order chi connectivity index (χ1) is 11.5. The molecule has 2 aromatic rings. The molecule has 0 atom stereocenters. The number of amides is 1. The van der Waals surface area contributed by atoms with Crippen molar-refractivity contribution in [3.63, 3.8) is 0 Å². The van der Waals surface area contributed by atoms with E-state index in [9.17, 15) is 4.79 Å². The van der Waals surface area contributed by atoms with Gasteiger partial charge in [-0.3, -0.25) is 4.79 Å². The fourth-order valence-electron chi connectivity index (χ4n) is 2.09. The van der Waals surface area contributed by atoms with Crippen LogP contribution in [-0.2, 0) is 0 Å². The minimum absolute atomic E-state index is 0.301. The van der Waals surface area contributed by atoms with Crippen molar-refractivity contribution in [2.75, 3.05) is 30.9 Å². The van der Waals surface area contributed by atoms with Crippen molar-refractivity contribution in [3.05, 3.63) is 41.2 Å². The molecule has 1 aromatic carbocycles. The first-order valence-corrected chi connectivity index (χ1v) is 8.12. The number of benzene rings is 1. The molecule has 0 saturated heterocycles. The van der Waals surface area contributed by atoms with Crippen LogP contribution >= 0.6 is 11.6 Å². The number of nitrogens with zero attached hydrogens (tertiary/aromatic N) is 3. The van der Waals surface area contributed by atoms with Gasteiger partial charge in [0.15, 0.2) is 0 Å². The molecular weight excluding hydrogens is 328 g/mol. The second-order valence-corrected chi connectivity index (χ2v) is 5.73. The van der Waals surface area contributed by atoms with E-state index in [4.69, 9.17) is 16.3 Å². The number of methoxy groups -OCH3 is 1. The molecule has 1 N–H and O–H groups in total. The maximum atomic E-state index is 12.4. The highest BCUT2D eigenvalue weighted by atomic mass is 35.5. The van der Waals surface area contributed by atoms with Gasteiger partial charge >= 0.3 is 0 Å². The summed E-state index contributed by atoms with van der Waals surface area (Å²) < 4.78 is 5.09. The molecule has 0 bridgehead atoms. The first-order valence-electron chi connectivity index (χ1n) is 7.74.